The van der Waals surface area contributed by atoms with Crippen LogP contribution >= 0.6 is 11.6 Å². The standard InChI is InChI=1S/C13H19ClN4/c14-11-5-3-4-10(8-11)12(9-17-13(15)16)18-6-1-2-7-18/h3-5,8,12H,1-2,6-7,9H2,(H4,15,16,17). The zero-order chi connectivity index (χ0) is 13.0. The van der Waals surface area contributed by atoms with E-state index in [1.54, 1.807) is 0 Å². The molecule has 0 bridgehead atoms. The number of aliphatic imine (C=N–C) groups is 1. The number of benzene rings is 1. The van der Waals surface area contributed by atoms with Crippen LogP contribution in [0.4, 0.5) is 0 Å². The predicted octanol–water partition coefficient (Wildman–Crippen LogP) is 1.75. The zero-order valence-corrected chi connectivity index (χ0v) is 11.1. The Balaban J connectivity index is 2.20. The van der Waals surface area contributed by atoms with Crippen LogP contribution in [-0.4, -0.2) is 30.5 Å². The smallest absolute Gasteiger partial charge is 0.185 e. The zero-order valence-electron chi connectivity index (χ0n) is 10.3. The summed E-state index contributed by atoms with van der Waals surface area (Å²) < 4.78 is 0. The van der Waals surface area contributed by atoms with Crippen LogP contribution in [0.3, 0.4) is 0 Å². The molecule has 18 heavy (non-hydrogen) atoms. The number of guanidine groups is 1. The Kier molecular flexibility index (Phi) is 4.44. The molecule has 2 rings (SSSR count). The molecule has 0 spiro atoms. The number of likely N-dealkylation sites (tertiary alicyclic amines) is 1. The average Bonchev–Trinajstić information content (AvgIpc) is 2.83. The van der Waals surface area contributed by atoms with Gasteiger partial charge in [0.2, 0.25) is 0 Å². The first-order chi connectivity index (χ1) is 8.66. The van der Waals surface area contributed by atoms with Crippen LogP contribution in [0.1, 0.15) is 24.4 Å². The number of hydrogen-bond donors (Lipinski definition) is 2. The number of halogens is 1. The summed E-state index contributed by atoms with van der Waals surface area (Å²) in [6, 6.07) is 8.14. The lowest BCUT2D eigenvalue weighted by atomic mass is 10.1. The average molecular weight is 267 g/mol. The molecule has 1 heterocycles. The third kappa shape index (κ3) is 3.37. The van der Waals surface area contributed by atoms with Crippen LogP contribution in [0, 0.1) is 0 Å². The minimum atomic E-state index is 0.140. The van der Waals surface area contributed by atoms with Crippen LogP contribution in [0.25, 0.3) is 0 Å². The molecule has 0 amide bonds. The van der Waals surface area contributed by atoms with E-state index >= 15 is 0 Å². The summed E-state index contributed by atoms with van der Waals surface area (Å²) in [5.74, 6) is 0.140. The second-order valence-corrected chi connectivity index (χ2v) is 5.02. The molecule has 98 valence electrons. The molecule has 0 saturated carbocycles. The van der Waals surface area contributed by atoms with Gasteiger partial charge in [0.15, 0.2) is 5.96 Å². The van der Waals surface area contributed by atoms with Crippen molar-refractivity contribution in [1.29, 1.82) is 0 Å². The molecule has 5 heteroatoms. The van der Waals surface area contributed by atoms with E-state index in [-0.39, 0.29) is 12.0 Å². The van der Waals surface area contributed by atoms with Gasteiger partial charge >= 0.3 is 0 Å². The molecule has 1 aromatic rings. The molecular weight excluding hydrogens is 248 g/mol. The summed E-state index contributed by atoms with van der Waals surface area (Å²) in [5.41, 5.74) is 12.0. The number of nitrogens with two attached hydrogens (primary N) is 2. The van der Waals surface area contributed by atoms with Crippen molar-refractivity contribution in [2.75, 3.05) is 19.6 Å². The maximum absolute atomic E-state index is 6.05. The Labute approximate surface area is 113 Å². The van der Waals surface area contributed by atoms with Crippen molar-refractivity contribution in [3.05, 3.63) is 34.9 Å². The molecule has 0 aliphatic carbocycles. The van der Waals surface area contributed by atoms with E-state index in [1.807, 2.05) is 18.2 Å². The summed E-state index contributed by atoms with van der Waals surface area (Å²) >= 11 is 6.05. The largest absolute Gasteiger partial charge is 0.370 e. The predicted molar refractivity (Wildman–Crippen MR) is 75.7 cm³/mol. The fraction of sp³-hybridized carbons (Fsp3) is 0.462. The summed E-state index contributed by atoms with van der Waals surface area (Å²) in [4.78, 5) is 6.58. The highest BCUT2D eigenvalue weighted by molar-refractivity contribution is 6.30. The Hall–Kier alpha value is -1.26. The Morgan fingerprint density at radius 1 is 1.33 bits per heavy atom. The van der Waals surface area contributed by atoms with E-state index in [0.717, 1.165) is 18.1 Å². The maximum atomic E-state index is 6.05. The highest BCUT2D eigenvalue weighted by atomic mass is 35.5. The molecule has 1 aliphatic heterocycles. The van der Waals surface area contributed by atoms with Crippen LogP contribution in [0.2, 0.25) is 5.02 Å². The van der Waals surface area contributed by atoms with Crippen molar-refractivity contribution >= 4 is 17.6 Å². The first-order valence-electron chi connectivity index (χ1n) is 6.22. The Morgan fingerprint density at radius 3 is 2.67 bits per heavy atom. The van der Waals surface area contributed by atoms with Gasteiger partial charge in [-0.15, -0.1) is 0 Å². The lowest BCUT2D eigenvalue weighted by Crippen LogP contribution is -2.30. The summed E-state index contributed by atoms with van der Waals surface area (Å²) in [6.07, 6.45) is 2.47. The van der Waals surface area contributed by atoms with Gasteiger partial charge in [0.05, 0.1) is 12.6 Å². The Morgan fingerprint density at radius 2 is 2.06 bits per heavy atom. The van der Waals surface area contributed by atoms with Gasteiger partial charge in [-0.3, -0.25) is 9.89 Å². The molecule has 1 fully saturated rings. The second kappa shape index (κ2) is 6.07. The van der Waals surface area contributed by atoms with E-state index in [0.29, 0.717) is 6.54 Å². The molecule has 0 radical (unpaired) electrons. The Bertz CT molecular complexity index is 423. The molecular formula is C13H19ClN4. The molecule has 1 atom stereocenters. The number of nitrogens with zero attached hydrogens (tertiary/aromatic N) is 2. The van der Waals surface area contributed by atoms with E-state index in [9.17, 15) is 0 Å². The topological polar surface area (TPSA) is 67.6 Å². The number of rotatable bonds is 4. The van der Waals surface area contributed by atoms with Crippen LogP contribution in [0.15, 0.2) is 29.3 Å². The van der Waals surface area contributed by atoms with Gasteiger partial charge in [-0.25, -0.2) is 0 Å². The van der Waals surface area contributed by atoms with E-state index in [2.05, 4.69) is 16.0 Å². The van der Waals surface area contributed by atoms with Crippen molar-refractivity contribution in [2.45, 2.75) is 18.9 Å². The summed E-state index contributed by atoms with van der Waals surface area (Å²) in [6.45, 7) is 2.77. The monoisotopic (exact) mass is 266 g/mol. The number of hydrogen-bond acceptors (Lipinski definition) is 2. The van der Waals surface area contributed by atoms with E-state index < -0.39 is 0 Å². The van der Waals surface area contributed by atoms with Gasteiger partial charge < -0.3 is 11.5 Å². The van der Waals surface area contributed by atoms with Crippen molar-refractivity contribution < 1.29 is 0 Å². The minimum absolute atomic E-state index is 0.140. The van der Waals surface area contributed by atoms with E-state index in [4.69, 9.17) is 23.1 Å². The second-order valence-electron chi connectivity index (χ2n) is 4.58. The third-order valence-electron chi connectivity index (χ3n) is 3.26. The van der Waals surface area contributed by atoms with Gasteiger partial charge in [0.25, 0.3) is 0 Å². The highest BCUT2D eigenvalue weighted by Gasteiger charge is 2.23. The van der Waals surface area contributed by atoms with Gasteiger partial charge in [0.1, 0.15) is 0 Å². The lowest BCUT2D eigenvalue weighted by molar-refractivity contribution is 0.252. The van der Waals surface area contributed by atoms with E-state index in [1.165, 1.54) is 18.4 Å². The molecule has 4 N–H and O–H groups in total. The van der Waals surface area contributed by atoms with Crippen molar-refractivity contribution in [3.63, 3.8) is 0 Å². The lowest BCUT2D eigenvalue weighted by Gasteiger charge is -2.26. The molecule has 1 aliphatic rings. The van der Waals surface area contributed by atoms with Gasteiger partial charge in [-0.2, -0.15) is 0 Å². The highest BCUT2D eigenvalue weighted by Crippen LogP contribution is 2.27. The minimum Gasteiger partial charge on any atom is -0.370 e. The molecule has 0 aromatic heterocycles. The SMILES string of the molecule is NC(N)=NCC(c1cccc(Cl)c1)N1CCCC1. The summed E-state index contributed by atoms with van der Waals surface area (Å²) in [5, 5.41) is 0.751. The van der Waals surface area contributed by atoms with Crippen LogP contribution < -0.4 is 11.5 Å². The molecule has 1 saturated heterocycles. The van der Waals surface area contributed by atoms with Crippen LogP contribution in [-0.2, 0) is 0 Å². The van der Waals surface area contributed by atoms with Crippen molar-refractivity contribution in [1.82, 2.24) is 4.90 Å². The molecule has 1 aromatic carbocycles. The quantitative estimate of drug-likeness (QED) is 0.644. The van der Waals surface area contributed by atoms with Crippen molar-refractivity contribution in [3.8, 4) is 0 Å². The van der Waals surface area contributed by atoms with Gasteiger partial charge in [-0.05, 0) is 43.6 Å². The van der Waals surface area contributed by atoms with Crippen molar-refractivity contribution in [2.24, 2.45) is 16.5 Å². The summed E-state index contributed by atoms with van der Waals surface area (Å²) in [7, 11) is 0. The first kappa shape index (κ1) is 13.2. The first-order valence-corrected chi connectivity index (χ1v) is 6.59. The molecule has 1 unspecified atom stereocenters. The molecule has 4 nitrogen and oxygen atoms in total. The van der Waals surface area contributed by atoms with Gasteiger partial charge in [-0.1, -0.05) is 23.7 Å². The van der Waals surface area contributed by atoms with Crippen LogP contribution in [0.5, 0.6) is 0 Å². The fourth-order valence-corrected chi connectivity index (χ4v) is 2.59. The normalized spacial score (nSPS) is 17.6. The fourth-order valence-electron chi connectivity index (χ4n) is 2.39. The maximum Gasteiger partial charge on any atom is 0.185 e. The van der Waals surface area contributed by atoms with Gasteiger partial charge in [0, 0.05) is 5.02 Å². The third-order valence-corrected chi connectivity index (χ3v) is 3.50.